The van der Waals surface area contributed by atoms with Crippen molar-refractivity contribution in [1.82, 2.24) is 14.8 Å². The van der Waals surface area contributed by atoms with E-state index in [1.165, 1.54) is 5.56 Å². The standard InChI is InChI=1S/C11H11BrN4O/c12-10-14-11(13)15-16(10)6-8-5-7-3-1-2-4-9(7)17-8/h1-4,8H,5-6H2,(H2,13,15). The predicted molar refractivity (Wildman–Crippen MR) is 66.7 cm³/mol. The third-order valence-corrected chi connectivity index (χ3v) is 3.32. The topological polar surface area (TPSA) is 66.0 Å². The van der Waals surface area contributed by atoms with Crippen LogP contribution in [0.2, 0.25) is 0 Å². The lowest BCUT2D eigenvalue weighted by molar-refractivity contribution is 0.202. The van der Waals surface area contributed by atoms with Crippen molar-refractivity contribution < 1.29 is 4.74 Å². The maximum absolute atomic E-state index is 5.82. The lowest BCUT2D eigenvalue weighted by Gasteiger charge is -2.10. The monoisotopic (exact) mass is 294 g/mol. The average molecular weight is 295 g/mol. The third-order valence-electron chi connectivity index (χ3n) is 2.73. The molecule has 0 bridgehead atoms. The minimum absolute atomic E-state index is 0.0878. The summed E-state index contributed by atoms with van der Waals surface area (Å²) >= 11 is 3.31. The highest BCUT2D eigenvalue weighted by atomic mass is 79.9. The molecule has 1 aliphatic rings. The minimum atomic E-state index is 0.0878. The molecule has 1 aromatic heterocycles. The van der Waals surface area contributed by atoms with Crippen LogP contribution in [-0.2, 0) is 13.0 Å². The zero-order chi connectivity index (χ0) is 11.8. The second-order valence-electron chi connectivity index (χ2n) is 3.97. The first kappa shape index (κ1) is 10.6. The van der Waals surface area contributed by atoms with Gasteiger partial charge in [-0.1, -0.05) is 18.2 Å². The van der Waals surface area contributed by atoms with E-state index in [2.05, 4.69) is 32.1 Å². The Morgan fingerprint density at radius 2 is 2.29 bits per heavy atom. The summed E-state index contributed by atoms with van der Waals surface area (Å²) in [6.07, 6.45) is 0.979. The van der Waals surface area contributed by atoms with Crippen LogP contribution in [0.5, 0.6) is 5.75 Å². The van der Waals surface area contributed by atoms with Gasteiger partial charge in [-0.15, -0.1) is 5.10 Å². The van der Waals surface area contributed by atoms with Gasteiger partial charge in [0.25, 0.3) is 0 Å². The maximum Gasteiger partial charge on any atom is 0.240 e. The van der Waals surface area contributed by atoms with Crippen molar-refractivity contribution in [2.45, 2.75) is 19.1 Å². The SMILES string of the molecule is Nc1nc(Br)n(CC2Cc3ccccc3O2)n1. The van der Waals surface area contributed by atoms with Crippen molar-refractivity contribution >= 4 is 21.9 Å². The van der Waals surface area contributed by atoms with Crippen molar-refractivity contribution in [2.75, 3.05) is 5.73 Å². The highest BCUT2D eigenvalue weighted by Crippen LogP contribution is 2.29. The van der Waals surface area contributed by atoms with E-state index >= 15 is 0 Å². The Bertz CT molecular complexity index is 529. The number of para-hydroxylation sites is 1. The Hall–Kier alpha value is -1.56. The average Bonchev–Trinajstić information content (AvgIpc) is 2.82. The molecule has 17 heavy (non-hydrogen) atoms. The second kappa shape index (κ2) is 4.03. The van der Waals surface area contributed by atoms with Crippen molar-refractivity contribution in [3.05, 3.63) is 34.6 Å². The van der Waals surface area contributed by atoms with Gasteiger partial charge in [0.05, 0.1) is 6.54 Å². The number of anilines is 1. The molecule has 1 atom stereocenters. The smallest absolute Gasteiger partial charge is 0.240 e. The Kier molecular flexibility index (Phi) is 2.51. The molecule has 3 rings (SSSR count). The van der Waals surface area contributed by atoms with Crippen LogP contribution in [0.15, 0.2) is 29.0 Å². The fraction of sp³-hybridized carbons (Fsp3) is 0.273. The summed E-state index contributed by atoms with van der Waals surface area (Å²) in [5.41, 5.74) is 6.76. The molecule has 0 amide bonds. The Balaban J connectivity index is 1.76. The van der Waals surface area contributed by atoms with Crippen LogP contribution in [0.25, 0.3) is 0 Å². The summed E-state index contributed by atoms with van der Waals surface area (Å²) in [6, 6.07) is 8.07. The number of nitrogens with two attached hydrogens (primary N) is 1. The van der Waals surface area contributed by atoms with Crippen molar-refractivity contribution in [1.29, 1.82) is 0 Å². The van der Waals surface area contributed by atoms with Crippen LogP contribution >= 0.6 is 15.9 Å². The van der Waals surface area contributed by atoms with Gasteiger partial charge >= 0.3 is 0 Å². The molecule has 1 aromatic carbocycles. The van der Waals surface area contributed by atoms with Crippen LogP contribution in [0.1, 0.15) is 5.56 Å². The lowest BCUT2D eigenvalue weighted by Crippen LogP contribution is -2.21. The zero-order valence-corrected chi connectivity index (χ0v) is 10.6. The summed E-state index contributed by atoms with van der Waals surface area (Å²) in [5.74, 6) is 1.23. The number of halogens is 1. The number of nitrogens with zero attached hydrogens (tertiary/aromatic N) is 3. The fourth-order valence-corrected chi connectivity index (χ4v) is 2.41. The number of aromatic nitrogens is 3. The molecule has 2 N–H and O–H groups in total. The molecule has 0 saturated heterocycles. The van der Waals surface area contributed by atoms with Crippen molar-refractivity contribution in [2.24, 2.45) is 0 Å². The summed E-state index contributed by atoms with van der Waals surface area (Å²) in [6.45, 7) is 0.638. The highest BCUT2D eigenvalue weighted by Gasteiger charge is 2.23. The molecular weight excluding hydrogens is 284 g/mol. The molecule has 6 heteroatoms. The van der Waals surface area contributed by atoms with Crippen molar-refractivity contribution in [3.63, 3.8) is 0 Å². The van der Waals surface area contributed by atoms with Crippen LogP contribution < -0.4 is 10.5 Å². The predicted octanol–water partition coefficient (Wildman–Crippen LogP) is 1.63. The number of benzene rings is 1. The Morgan fingerprint density at radius 1 is 1.47 bits per heavy atom. The number of fused-ring (bicyclic) bond motifs is 1. The van der Waals surface area contributed by atoms with Crippen LogP contribution in [0.3, 0.4) is 0 Å². The third kappa shape index (κ3) is 2.00. The molecule has 0 radical (unpaired) electrons. The van der Waals surface area contributed by atoms with E-state index < -0.39 is 0 Å². The van der Waals surface area contributed by atoms with E-state index in [1.807, 2.05) is 18.2 Å². The summed E-state index contributed by atoms with van der Waals surface area (Å²) in [7, 11) is 0. The summed E-state index contributed by atoms with van der Waals surface area (Å²) in [4.78, 5) is 3.99. The number of ether oxygens (including phenoxy) is 1. The molecule has 0 aliphatic carbocycles. The Labute approximate surface area is 107 Å². The largest absolute Gasteiger partial charge is 0.488 e. The summed E-state index contributed by atoms with van der Waals surface area (Å²) < 4.78 is 8.17. The van der Waals surface area contributed by atoms with Gasteiger partial charge in [-0.05, 0) is 27.6 Å². The molecule has 1 aliphatic heterocycles. The zero-order valence-electron chi connectivity index (χ0n) is 9.01. The number of hydrogen-bond donors (Lipinski definition) is 1. The fourth-order valence-electron chi connectivity index (χ4n) is 2.00. The first-order valence-electron chi connectivity index (χ1n) is 5.33. The van der Waals surface area contributed by atoms with E-state index in [4.69, 9.17) is 10.5 Å². The molecular formula is C11H11BrN4O. The molecule has 2 heterocycles. The Morgan fingerprint density at radius 3 is 3.00 bits per heavy atom. The molecule has 2 aromatic rings. The number of rotatable bonds is 2. The van der Waals surface area contributed by atoms with Gasteiger partial charge in [-0.2, -0.15) is 4.98 Å². The first-order chi connectivity index (χ1) is 8.22. The second-order valence-corrected chi connectivity index (χ2v) is 4.68. The molecule has 5 nitrogen and oxygen atoms in total. The molecule has 0 fully saturated rings. The minimum Gasteiger partial charge on any atom is -0.488 e. The van der Waals surface area contributed by atoms with Crippen LogP contribution in [0.4, 0.5) is 5.95 Å². The summed E-state index contributed by atoms with van der Waals surface area (Å²) in [5, 5.41) is 4.09. The highest BCUT2D eigenvalue weighted by molar-refractivity contribution is 9.10. The normalized spacial score (nSPS) is 17.8. The quantitative estimate of drug-likeness (QED) is 0.914. The van der Waals surface area contributed by atoms with Gasteiger partial charge < -0.3 is 10.5 Å². The molecule has 1 unspecified atom stereocenters. The van der Waals surface area contributed by atoms with E-state index in [-0.39, 0.29) is 12.1 Å². The van der Waals surface area contributed by atoms with E-state index in [0.717, 1.165) is 12.2 Å². The van der Waals surface area contributed by atoms with Gasteiger partial charge in [0.1, 0.15) is 11.9 Å². The molecule has 0 spiro atoms. The van der Waals surface area contributed by atoms with E-state index in [9.17, 15) is 0 Å². The van der Waals surface area contributed by atoms with Gasteiger partial charge in [-0.25, -0.2) is 4.68 Å². The molecule has 0 saturated carbocycles. The van der Waals surface area contributed by atoms with Crippen molar-refractivity contribution in [3.8, 4) is 5.75 Å². The van der Waals surface area contributed by atoms with Gasteiger partial charge in [0.15, 0.2) is 4.73 Å². The van der Waals surface area contributed by atoms with E-state index in [1.54, 1.807) is 4.68 Å². The van der Waals surface area contributed by atoms with Gasteiger partial charge in [0.2, 0.25) is 5.95 Å². The maximum atomic E-state index is 5.82. The van der Waals surface area contributed by atoms with E-state index in [0.29, 0.717) is 11.3 Å². The lowest BCUT2D eigenvalue weighted by atomic mass is 10.1. The molecule has 88 valence electrons. The van der Waals surface area contributed by atoms with Gasteiger partial charge in [0, 0.05) is 6.42 Å². The first-order valence-corrected chi connectivity index (χ1v) is 6.12. The van der Waals surface area contributed by atoms with Crippen LogP contribution in [0, 0.1) is 0 Å². The van der Waals surface area contributed by atoms with Gasteiger partial charge in [-0.3, -0.25) is 0 Å². The number of nitrogen functional groups attached to an aromatic ring is 1. The van der Waals surface area contributed by atoms with Crippen LogP contribution in [-0.4, -0.2) is 20.9 Å². The number of hydrogen-bond acceptors (Lipinski definition) is 4.